The number of carbonyl (C=O) groups excluding carboxylic acids is 4. The van der Waals surface area contributed by atoms with E-state index in [-0.39, 0.29) is 36.2 Å². The van der Waals surface area contributed by atoms with Gasteiger partial charge in [-0.2, -0.15) is 0 Å². The Bertz CT molecular complexity index is 995. The lowest BCUT2D eigenvalue weighted by Crippen LogP contribution is -2.58. The molecule has 3 saturated heterocycles. The number of imide groups is 1. The third-order valence-corrected chi connectivity index (χ3v) is 7.58. The van der Waals surface area contributed by atoms with Crippen LogP contribution in [0, 0.1) is 5.92 Å². The highest BCUT2D eigenvalue weighted by Crippen LogP contribution is 2.32. The molecule has 4 N–H and O–H groups in total. The minimum Gasteiger partial charge on any atom is -0.351 e. The number of nitrogens with two attached hydrogens (primary N) is 1. The number of nitrogens with zero attached hydrogens (tertiary/aromatic N) is 2. The molecular weight excluding hydrogens is 422 g/mol. The number of piperidine rings is 3. The van der Waals surface area contributed by atoms with Gasteiger partial charge in [0.1, 0.15) is 6.04 Å². The van der Waals surface area contributed by atoms with Crippen molar-refractivity contribution >= 4 is 23.6 Å². The van der Waals surface area contributed by atoms with Crippen LogP contribution in [0.25, 0.3) is 0 Å². The van der Waals surface area contributed by atoms with Crippen molar-refractivity contribution in [2.75, 3.05) is 13.1 Å². The van der Waals surface area contributed by atoms with Crippen molar-refractivity contribution in [1.29, 1.82) is 0 Å². The van der Waals surface area contributed by atoms with Gasteiger partial charge in [-0.15, -0.1) is 0 Å². The van der Waals surface area contributed by atoms with Gasteiger partial charge in [0.2, 0.25) is 17.7 Å². The molecule has 4 amide bonds. The zero-order valence-electron chi connectivity index (χ0n) is 18.7. The second kappa shape index (κ2) is 8.87. The molecule has 176 valence electrons. The number of likely N-dealkylation sites (tertiary alicyclic amines) is 1. The molecule has 3 fully saturated rings. The van der Waals surface area contributed by atoms with Crippen LogP contribution >= 0.6 is 0 Å². The summed E-state index contributed by atoms with van der Waals surface area (Å²) >= 11 is 0. The average Bonchev–Trinajstić information content (AvgIpc) is 3.13. The lowest BCUT2D eigenvalue weighted by molar-refractivity contribution is -0.137. The van der Waals surface area contributed by atoms with Gasteiger partial charge >= 0.3 is 0 Å². The minimum absolute atomic E-state index is 0.000172. The highest BCUT2D eigenvalue weighted by molar-refractivity contribution is 6.06. The lowest BCUT2D eigenvalue weighted by atomic mass is 9.83. The molecule has 9 heteroatoms. The topological polar surface area (TPSA) is 125 Å². The summed E-state index contributed by atoms with van der Waals surface area (Å²) in [6.07, 6.45) is 3.89. The summed E-state index contributed by atoms with van der Waals surface area (Å²) in [5.74, 6) is -0.428. The molecule has 0 spiro atoms. The van der Waals surface area contributed by atoms with Crippen LogP contribution in [0.1, 0.15) is 60.0 Å². The van der Waals surface area contributed by atoms with Gasteiger partial charge < -0.3 is 16.0 Å². The number of nitrogens with one attached hydrogen (secondary N) is 2. The van der Waals surface area contributed by atoms with Crippen LogP contribution in [0.4, 0.5) is 0 Å². The molecule has 0 aromatic heterocycles. The third kappa shape index (κ3) is 4.27. The van der Waals surface area contributed by atoms with Crippen LogP contribution in [0.3, 0.4) is 0 Å². The summed E-state index contributed by atoms with van der Waals surface area (Å²) in [5, 5.41) is 5.46. The number of fused-ring (bicyclic) bond motifs is 1. The second-order valence-corrected chi connectivity index (χ2v) is 9.78. The predicted octanol–water partition coefficient (Wildman–Crippen LogP) is 0.266. The summed E-state index contributed by atoms with van der Waals surface area (Å²) in [4.78, 5) is 53.1. The summed E-state index contributed by atoms with van der Waals surface area (Å²) in [5.41, 5.74) is 8.91. The fourth-order valence-electron chi connectivity index (χ4n) is 5.90. The van der Waals surface area contributed by atoms with E-state index < -0.39 is 11.9 Å². The number of benzene rings is 1. The van der Waals surface area contributed by atoms with Gasteiger partial charge in [-0.3, -0.25) is 29.4 Å². The number of carbonyl (C=O) groups is 4. The van der Waals surface area contributed by atoms with Gasteiger partial charge in [0, 0.05) is 50.1 Å². The van der Waals surface area contributed by atoms with E-state index in [1.54, 1.807) is 4.90 Å². The maximum atomic E-state index is 13.4. The van der Waals surface area contributed by atoms with Crippen molar-refractivity contribution in [2.24, 2.45) is 11.7 Å². The molecule has 0 radical (unpaired) electrons. The largest absolute Gasteiger partial charge is 0.351 e. The SMILES string of the molecule is NC1CCC(=O)NC1C1CCCN(Cc2cccc3c2C(=O)N(C2CCC(=O)NC2=O)C3)C1. The predicted molar refractivity (Wildman–Crippen MR) is 120 cm³/mol. The summed E-state index contributed by atoms with van der Waals surface area (Å²) in [6, 6.07) is 5.28. The van der Waals surface area contributed by atoms with Crippen LogP contribution in [0.2, 0.25) is 0 Å². The Morgan fingerprint density at radius 3 is 2.67 bits per heavy atom. The first kappa shape index (κ1) is 22.0. The first-order valence-electron chi connectivity index (χ1n) is 11.9. The second-order valence-electron chi connectivity index (χ2n) is 9.78. The van der Waals surface area contributed by atoms with Gasteiger partial charge in [0.25, 0.3) is 5.91 Å². The van der Waals surface area contributed by atoms with E-state index in [0.717, 1.165) is 43.5 Å². The first-order chi connectivity index (χ1) is 15.9. The maximum absolute atomic E-state index is 13.4. The van der Waals surface area contributed by atoms with Crippen LogP contribution in [-0.4, -0.2) is 64.6 Å². The number of amides is 4. The van der Waals surface area contributed by atoms with Crippen molar-refractivity contribution in [3.8, 4) is 0 Å². The Hall–Kier alpha value is -2.78. The minimum atomic E-state index is -0.605. The smallest absolute Gasteiger partial charge is 0.255 e. The quantitative estimate of drug-likeness (QED) is 0.562. The normalized spacial score (nSPS) is 30.8. The van der Waals surface area contributed by atoms with E-state index in [0.29, 0.717) is 37.4 Å². The standard InChI is InChI=1S/C24H31N5O4/c25-17-6-8-19(30)26-22(17)16-5-2-10-28(12-16)11-14-3-1-4-15-13-29(24(33)21(14)15)18-7-9-20(31)27-23(18)32/h1,3-4,16-18,22H,2,5-13,25H2,(H,26,30)(H,27,31,32). The molecule has 4 atom stereocenters. The molecule has 5 rings (SSSR count). The fraction of sp³-hybridized carbons (Fsp3) is 0.583. The molecule has 4 aliphatic rings. The Balaban J connectivity index is 1.30. The molecule has 4 unspecified atom stereocenters. The molecule has 4 aliphatic heterocycles. The monoisotopic (exact) mass is 453 g/mol. The Labute approximate surface area is 193 Å². The zero-order valence-corrected chi connectivity index (χ0v) is 18.7. The zero-order chi connectivity index (χ0) is 23.1. The van der Waals surface area contributed by atoms with E-state index in [1.807, 2.05) is 18.2 Å². The Morgan fingerprint density at radius 1 is 1.03 bits per heavy atom. The molecule has 1 aromatic carbocycles. The molecular formula is C24H31N5O4. The van der Waals surface area contributed by atoms with Crippen molar-refractivity contribution in [3.05, 3.63) is 34.9 Å². The van der Waals surface area contributed by atoms with Crippen molar-refractivity contribution < 1.29 is 19.2 Å². The molecule has 0 saturated carbocycles. The van der Waals surface area contributed by atoms with Crippen LogP contribution in [0.5, 0.6) is 0 Å². The van der Waals surface area contributed by atoms with E-state index in [2.05, 4.69) is 15.5 Å². The summed E-state index contributed by atoms with van der Waals surface area (Å²) < 4.78 is 0. The third-order valence-electron chi connectivity index (χ3n) is 7.58. The lowest BCUT2D eigenvalue weighted by Gasteiger charge is -2.41. The maximum Gasteiger partial charge on any atom is 0.255 e. The van der Waals surface area contributed by atoms with Gasteiger partial charge in [-0.25, -0.2) is 0 Å². The number of hydrogen-bond acceptors (Lipinski definition) is 6. The molecule has 0 aliphatic carbocycles. The molecule has 0 bridgehead atoms. The van der Waals surface area contributed by atoms with E-state index in [1.165, 1.54) is 0 Å². The Kier molecular flexibility index (Phi) is 5.92. The molecule has 1 aromatic rings. The average molecular weight is 454 g/mol. The van der Waals surface area contributed by atoms with Crippen LogP contribution in [0.15, 0.2) is 18.2 Å². The van der Waals surface area contributed by atoms with E-state index in [9.17, 15) is 19.2 Å². The van der Waals surface area contributed by atoms with Crippen molar-refractivity contribution in [3.63, 3.8) is 0 Å². The highest BCUT2D eigenvalue weighted by atomic mass is 16.2. The summed E-state index contributed by atoms with van der Waals surface area (Å²) in [7, 11) is 0. The van der Waals surface area contributed by atoms with Crippen molar-refractivity contribution in [1.82, 2.24) is 20.4 Å². The van der Waals surface area contributed by atoms with E-state index in [4.69, 9.17) is 5.73 Å². The number of hydrogen-bond donors (Lipinski definition) is 3. The first-order valence-corrected chi connectivity index (χ1v) is 11.9. The Morgan fingerprint density at radius 2 is 1.85 bits per heavy atom. The highest BCUT2D eigenvalue weighted by Gasteiger charge is 2.40. The van der Waals surface area contributed by atoms with Crippen LogP contribution in [-0.2, 0) is 27.5 Å². The van der Waals surface area contributed by atoms with Crippen LogP contribution < -0.4 is 16.4 Å². The van der Waals surface area contributed by atoms with Gasteiger partial charge in [-0.05, 0) is 49.3 Å². The van der Waals surface area contributed by atoms with Gasteiger partial charge in [0.05, 0.1) is 0 Å². The van der Waals surface area contributed by atoms with Crippen molar-refractivity contribution in [2.45, 2.75) is 69.7 Å². The van der Waals surface area contributed by atoms with Gasteiger partial charge in [0.15, 0.2) is 0 Å². The summed E-state index contributed by atoms with van der Waals surface area (Å²) in [6.45, 7) is 2.79. The fourth-order valence-corrected chi connectivity index (χ4v) is 5.90. The molecule has 33 heavy (non-hydrogen) atoms. The molecule has 9 nitrogen and oxygen atoms in total. The number of rotatable bonds is 4. The molecule has 4 heterocycles. The van der Waals surface area contributed by atoms with E-state index >= 15 is 0 Å². The van der Waals surface area contributed by atoms with Gasteiger partial charge in [-0.1, -0.05) is 18.2 Å².